The lowest BCUT2D eigenvalue weighted by atomic mass is 10.4. The standard InChI is InChI=1S/C9H12ClN5/c1-6-3-7(2)15(12-6)5-14-4-8(10)9(11)13-14/h3-4H,5H2,1-2H3,(H2,11,13). The van der Waals surface area contributed by atoms with Crippen LogP contribution < -0.4 is 5.73 Å². The second kappa shape index (κ2) is 3.58. The highest BCUT2D eigenvalue weighted by Gasteiger charge is 2.05. The molecule has 2 aromatic heterocycles. The average Bonchev–Trinajstić information content (AvgIpc) is 2.59. The molecule has 0 radical (unpaired) electrons. The Balaban J connectivity index is 2.25. The predicted molar refractivity (Wildman–Crippen MR) is 58.7 cm³/mol. The summed E-state index contributed by atoms with van der Waals surface area (Å²) >= 11 is 5.80. The molecule has 2 heterocycles. The summed E-state index contributed by atoms with van der Waals surface area (Å²) in [6.07, 6.45) is 1.69. The van der Waals surface area contributed by atoms with Gasteiger partial charge in [-0.2, -0.15) is 10.2 Å². The summed E-state index contributed by atoms with van der Waals surface area (Å²) in [5, 5.41) is 8.84. The summed E-state index contributed by atoms with van der Waals surface area (Å²) in [4.78, 5) is 0. The van der Waals surface area contributed by atoms with Crippen molar-refractivity contribution in [3.05, 3.63) is 28.7 Å². The van der Waals surface area contributed by atoms with Gasteiger partial charge in [-0.1, -0.05) is 11.6 Å². The van der Waals surface area contributed by atoms with Crippen LogP contribution >= 0.6 is 11.6 Å². The van der Waals surface area contributed by atoms with Gasteiger partial charge in [0.25, 0.3) is 0 Å². The summed E-state index contributed by atoms with van der Waals surface area (Å²) in [5.41, 5.74) is 7.61. The molecule has 0 unspecified atom stereocenters. The van der Waals surface area contributed by atoms with Gasteiger partial charge in [-0.05, 0) is 19.9 Å². The third kappa shape index (κ3) is 1.97. The fourth-order valence-corrected chi connectivity index (χ4v) is 1.59. The van der Waals surface area contributed by atoms with Crippen LogP contribution in [0.5, 0.6) is 0 Å². The maximum Gasteiger partial charge on any atom is 0.164 e. The fraction of sp³-hybridized carbons (Fsp3) is 0.333. The third-order valence-electron chi connectivity index (χ3n) is 2.13. The molecule has 2 N–H and O–H groups in total. The van der Waals surface area contributed by atoms with Gasteiger partial charge in [0.05, 0.1) is 5.69 Å². The highest BCUT2D eigenvalue weighted by molar-refractivity contribution is 6.32. The highest BCUT2D eigenvalue weighted by Crippen LogP contribution is 2.15. The summed E-state index contributed by atoms with van der Waals surface area (Å²) in [7, 11) is 0. The molecule has 2 rings (SSSR count). The smallest absolute Gasteiger partial charge is 0.164 e. The average molecular weight is 226 g/mol. The van der Waals surface area contributed by atoms with Crippen LogP contribution in [0, 0.1) is 13.8 Å². The predicted octanol–water partition coefficient (Wildman–Crippen LogP) is 1.44. The van der Waals surface area contributed by atoms with Crippen molar-refractivity contribution in [2.45, 2.75) is 20.5 Å². The number of nitrogens with two attached hydrogens (primary N) is 1. The molecule has 5 nitrogen and oxygen atoms in total. The van der Waals surface area contributed by atoms with Crippen LogP contribution in [0.2, 0.25) is 5.02 Å². The summed E-state index contributed by atoms with van der Waals surface area (Å²) < 4.78 is 3.51. The van der Waals surface area contributed by atoms with E-state index in [0.717, 1.165) is 11.4 Å². The first-order valence-corrected chi connectivity index (χ1v) is 4.93. The van der Waals surface area contributed by atoms with Crippen LogP contribution in [0.4, 0.5) is 5.82 Å². The summed E-state index contributed by atoms with van der Waals surface area (Å²) in [6.45, 7) is 4.47. The van der Waals surface area contributed by atoms with E-state index in [1.54, 1.807) is 10.9 Å². The number of rotatable bonds is 2. The molecule has 0 aliphatic rings. The first-order valence-electron chi connectivity index (χ1n) is 4.56. The molecule has 6 heteroatoms. The zero-order valence-corrected chi connectivity index (χ0v) is 9.36. The Kier molecular flexibility index (Phi) is 2.40. The molecule has 0 amide bonds. The van der Waals surface area contributed by atoms with Crippen molar-refractivity contribution < 1.29 is 0 Å². The number of halogens is 1. The van der Waals surface area contributed by atoms with Crippen LogP contribution in [0.25, 0.3) is 0 Å². The second-order valence-electron chi connectivity index (χ2n) is 3.47. The van der Waals surface area contributed by atoms with Gasteiger partial charge < -0.3 is 5.73 Å². The minimum absolute atomic E-state index is 0.346. The number of aromatic nitrogens is 4. The quantitative estimate of drug-likeness (QED) is 0.841. The molecule has 0 aromatic carbocycles. The molecule has 0 spiro atoms. The number of nitrogens with zero attached hydrogens (tertiary/aromatic N) is 4. The largest absolute Gasteiger partial charge is 0.381 e. The summed E-state index contributed by atoms with van der Waals surface area (Å²) in [6, 6.07) is 2.01. The van der Waals surface area contributed by atoms with Gasteiger partial charge in [0.15, 0.2) is 5.82 Å². The van der Waals surface area contributed by atoms with E-state index in [2.05, 4.69) is 10.2 Å². The lowest BCUT2D eigenvalue weighted by Gasteiger charge is -2.03. The van der Waals surface area contributed by atoms with Crippen LogP contribution in [-0.4, -0.2) is 19.6 Å². The number of nitrogen functional groups attached to an aromatic ring is 1. The summed E-state index contributed by atoms with van der Waals surface area (Å²) in [5.74, 6) is 0.346. The van der Waals surface area contributed by atoms with Crippen molar-refractivity contribution in [2.24, 2.45) is 0 Å². The normalized spacial score (nSPS) is 10.9. The molecule has 0 bridgehead atoms. The van der Waals surface area contributed by atoms with E-state index in [1.165, 1.54) is 0 Å². The maximum atomic E-state index is 5.80. The number of aryl methyl sites for hydroxylation is 2. The third-order valence-corrected chi connectivity index (χ3v) is 2.42. The first-order chi connectivity index (χ1) is 7.06. The molecule has 0 aliphatic carbocycles. The Hall–Kier alpha value is -1.49. The van der Waals surface area contributed by atoms with Crippen LogP contribution in [0.1, 0.15) is 11.4 Å². The lowest BCUT2D eigenvalue weighted by molar-refractivity contribution is 0.493. The minimum Gasteiger partial charge on any atom is -0.381 e. The Morgan fingerprint density at radius 2 is 2.13 bits per heavy atom. The van der Waals surface area contributed by atoms with Gasteiger partial charge in [-0.15, -0.1) is 0 Å². The van der Waals surface area contributed by atoms with Crippen LogP contribution in [0.15, 0.2) is 12.3 Å². The Morgan fingerprint density at radius 3 is 2.60 bits per heavy atom. The van der Waals surface area contributed by atoms with Crippen LogP contribution in [0.3, 0.4) is 0 Å². The molecule has 80 valence electrons. The van der Waals surface area contributed by atoms with Crippen molar-refractivity contribution in [3.8, 4) is 0 Å². The molecule has 0 aliphatic heterocycles. The van der Waals surface area contributed by atoms with Crippen molar-refractivity contribution in [3.63, 3.8) is 0 Å². The van der Waals surface area contributed by atoms with Gasteiger partial charge in [0.2, 0.25) is 0 Å². The first kappa shape index (κ1) is 10.0. The van der Waals surface area contributed by atoms with E-state index in [4.69, 9.17) is 17.3 Å². The molecule has 15 heavy (non-hydrogen) atoms. The monoisotopic (exact) mass is 225 g/mol. The van der Waals surface area contributed by atoms with Gasteiger partial charge in [-0.25, -0.2) is 9.36 Å². The van der Waals surface area contributed by atoms with Crippen molar-refractivity contribution in [1.82, 2.24) is 19.6 Å². The number of anilines is 1. The lowest BCUT2D eigenvalue weighted by Crippen LogP contribution is -2.11. The zero-order chi connectivity index (χ0) is 11.0. The minimum atomic E-state index is 0.346. The molecule has 0 fully saturated rings. The van der Waals surface area contributed by atoms with Crippen molar-refractivity contribution in [2.75, 3.05) is 5.73 Å². The van der Waals surface area contributed by atoms with Gasteiger partial charge >= 0.3 is 0 Å². The Labute approximate surface area is 92.4 Å². The van der Waals surface area contributed by atoms with Crippen molar-refractivity contribution >= 4 is 17.4 Å². The second-order valence-corrected chi connectivity index (χ2v) is 3.88. The van der Waals surface area contributed by atoms with E-state index >= 15 is 0 Å². The molecular formula is C9H12ClN5. The molecule has 0 saturated heterocycles. The SMILES string of the molecule is Cc1cc(C)n(Cn2cc(Cl)c(N)n2)n1. The van der Waals surface area contributed by atoms with Gasteiger partial charge in [0.1, 0.15) is 11.7 Å². The molecule has 0 atom stereocenters. The fourth-order valence-electron chi connectivity index (χ4n) is 1.44. The number of hydrogen-bond acceptors (Lipinski definition) is 3. The Morgan fingerprint density at radius 1 is 1.40 bits per heavy atom. The maximum absolute atomic E-state index is 5.80. The molecular weight excluding hydrogens is 214 g/mol. The van der Waals surface area contributed by atoms with E-state index in [9.17, 15) is 0 Å². The molecule has 2 aromatic rings. The zero-order valence-electron chi connectivity index (χ0n) is 8.61. The topological polar surface area (TPSA) is 61.7 Å². The van der Waals surface area contributed by atoms with Gasteiger partial charge in [-0.3, -0.25) is 0 Å². The van der Waals surface area contributed by atoms with E-state index in [0.29, 0.717) is 17.5 Å². The van der Waals surface area contributed by atoms with Crippen molar-refractivity contribution in [1.29, 1.82) is 0 Å². The highest BCUT2D eigenvalue weighted by atomic mass is 35.5. The number of hydrogen-bond donors (Lipinski definition) is 1. The van der Waals surface area contributed by atoms with Gasteiger partial charge in [0, 0.05) is 11.9 Å². The molecule has 0 saturated carbocycles. The Bertz CT molecular complexity index is 465. The van der Waals surface area contributed by atoms with E-state index in [1.807, 2.05) is 24.6 Å². The van der Waals surface area contributed by atoms with E-state index < -0.39 is 0 Å². The van der Waals surface area contributed by atoms with E-state index in [-0.39, 0.29) is 0 Å². The van der Waals surface area contributed by atoms with Crippen LogP contribution in [-0.2, 0) is 6.67 Å².